The van der Waals surface area contributed by atoms with Crippen molar-refractivity contribution in [2.45, 2.75) is 4.90 Å². The summed E-state index contributed by atoms with van der Waals surface area (Å²) in [5.41, 5.74) is 0.806. The van der Waals surface area contributed by atoms with Gasteiger partial charge < -0.3 is 4.52 Å². The van der Waals surface area contributed by atoms with Gasteiger partial charge in [0.05, 0.1) is 4.90 Å². The Bertz CT molecular complexity index is 875. The number of sulfonamides is 1. The number of nitrogens with one attached hydrogen (secondary N) is 1. The van der Waals surface area contributed by atoms with Crippen molar-refractivity contribution in [1.29, 1.82) is 0 Å². The Kier molecular flexibility index (Phi) is 4.00. The van der Waals surface area contributed by atoms with Gasteiger partial charge >= 0.3 is 0 Å². The van der Waals surface area contributed by atoms with Gasteiger partial charge in [-0.25, -0.2) is 8.42 Å². The zero-order chi connectivity index (χ0) is 15.6. The van der Waals surface area contributed by atoms with Crippen LogP contribution in [0.5, 0.6) is 0 Å². The smallest absolute Gasteiger partial charge is 0.263 e. The number of benzene rings is 2. The summed E-state index contributed by atoms with van der Waals surface area (Å²) in [7, 11) is -3.67. The van der Waals surface area contributed by atoms with E-state index in [9.17, 15) is 8.42 Å². The number of hydrogen-bond donors (Lipinski definition) is 1. The Morgan fingerprint density at radius 2 is 1.68 bits per heavy atom. The third-order valence-corrected chi connectivity index (χ3v) is 4.83. The lowest BCUT2D eigenvalue weighted by atomic mass is 10.2. The van der Waals surface area contributed by atoms with Gasteiger partial charge in [0.15, 0.2) is 11.6 Å². The first-order chi connectivity index (χ1) is 10.5. The van der Waals surface area contributed by atoms with E-state index in [-0.39, 0.29) is 10.7 Å². The third kappa shape index (κ3) is 3.20. The average Bonchev–Trinajstić information content (AvgIpc) is 2.97. The van der Waals surface area contributed by atoms with Crippen molar-refractivity contribution in [3.8, 4) is 11.3 Å². The Hall–Kier alpha value is -2.12. The Labute approximate surface area is 136 Å². The molecule has 3 rings (SSSR count). The van der Waals surface area contributed by atoms with Crippen molar-refractivity contribution in [1.82, 2.24) is 5.16 Å². The number of halogens is 1. The molecule has 0 bridgehead atoms. The molecule has 1 heterocycles. The molecular formula is C15H11BrN2O3S. The Morgan fingerprint density at radius 3 is 2.36 bits per heavy atom. The molecule has 0 fully saturated rings. The summed E-state index contributed by atoms with van der Waals surface area (Å²) in [5, 5.41) is 3.75. The monoisotopic (exact) mass is 378 g/mol. The van der Waals surface area contributed by atoms with Crippen LogP contribution in [0.15, 0.2) is 74.6 Å². The normalized spacial score (nSPS) is 11.3. The van der Waals surface area contributed by atoms with Crippen LogP contribution in [0.3, 0.4) is 0 Å². The number of anilines is 1. The van der Waals surface area contributed by atoms with Crippen LogP contribution in [-0.4, -0.2) is 13.6 Å². The lowest BCUT2D eigenvalue weighted by molar-refractivity contribution is 0.435. The minimum absolute atomic E-state index is 0.141. The fourth-order valence-electron chi connectivity index (χ4n) is 1.87. The van der Waals surface area contributed by atoms with Gasteiger partial charge in [-0.3, -0.25) is 4.72 Å². The minimum atomic E-state index is -3.67. The third-order valence-electron chi connectivity index (χ3n) is 2.93. The van der Waals surface area contributed by atoms with Crippen LogP contribution in [0.4, 0.5) is 5.82 Å². The highest BCUT2D eigenvalue weighted by Gasteiger charge is 2.16. The van der Waals surface area contributed by atoms with Crippen LogP contribution >= 0.6 is 15.9 Å². The maximum absolute atomic E-state index is 12.2. The van der Waals surface area contributed by atoms with Gasteiger partial charge in [-0.2, -0.15) is 0 Å². The van der Waals surface area contributed by atoms with Crippen LogP contribution in [-0.2, 0) is 10.0 Å². The summed E-state index contributed by atoms with van der Waals surface area (Å²) >= 11 is 3.35. The Morgan fingerprint density at radius 1 is 1.00 bits per heavy atom. The van der Waals surface area contributed by atoms with E-state index in [1.165, 1.54) is 12.1 Å². The molecule has 0 atom stereocenters. The van der Waals surface area contributed by atoms with E-state index in [2.05, 4.69) is 25.8 Å². The van der Waals surface area contributed by atoms with E-state index in [1.807, 2.05) is 24.3 Å². The molecule has 7 heteroatoms. The van der Waals surface area contributed by atoms with E-state index in [4.69, 9.17) is 4.52 Å². The maximum Gasteiger partial charge on any atom is 0.263 e. The fourth-order valence-corrected chi connectivity index (χ4v) is 3.14. The number of aromatic nitrogens is 1. The summed E-state index contributed by atoms with van der Waals surface area (Å²) in [4.78, 5) is 0.170. The van der Waals surface area contributed by atoms with Crippen molar-refractivity contribution < 1.29 is 12.9 Å². The molecule has 0 spiro atoms. The minimum Gasteiger partial charge on any atom is -0.354 e. The van der Waals surface area contributed by atoms with Crippen LogP contribution in [0, 0.1) is 0 Å². The molecule has 0 radical (unpaired) electrons. The molecule has 22 heavy (non-hydrogen) atoms. The molecular weight excluding hydrogens is 368 g/mol. The van der Waals surface area contributed by atoms with Gasteiger partial charge in [0.1, 0.15) is 0 Å². The largest absolute Gasteiger partial charge is 0.354 e. The standard InChI is InChI=1S/C15H11BrN2O3S/c16-12-8-6-11(7-9-12)14-10-15(17-21-14)18-22(19,20)13-4-2-1-3-5-13/h1-10H,(H,17,18). The lowest BCUT2D eigenvalue weighted by Crippen LogP contribution is -2.12. The molecule has 1 N–H and O–H groups in total. The highest BCUT2D eigenvalue weighted by molar-refractivity contribution is 9.10. The molecule has 1 aromatic heterocycles. The van der Waals surface area contributed by atoms with Gasteiger partial charge in [0, 0.05) is 16.1 Å². The predicted octanol–water partition coefficient (Wildman–Crippen LogP) is 3.90. The van der Waals surface area contributed by atoms with Crippen molar-refractivity contribution in [2.24, 2.45) is 0 Å². The summed E-state index contributed by atoms with van der Waals surface area (Å²) in [6.07, 6.45) is 0. The van der Waals surface area contributed by atoms with Crippen LogP contribution in [0.2, 0.25) is 0 Å². The van der Waals surface area contributed by atoms with Gasteiger partial charge in [-0.1, -0.05) is 51.4 Å². The molecule has 0 aliphatic heterocycles. The number of hydrogen-bond acceptors (Lipinski definition) is 4. The van der Waals surface area contributed by atoms with Crippen molar-refractivity contribution in [3.05, 3.63) is 65.1 Å². The average molecular weight is 379 g/mol. The summed E-state index contributed by atoms with van der Waals surface area (Å²) in [6, 6.07) is 17.1. The number of nitrogens with zero attached hydrogens (tertiary/aromatic N) is 1. The molecule has 112 valence electrons. The van der Waals surface area contributed by atoms with Crippen LogP contribution < -0.4 is 4.72 Å². The topological polar surface area (TPSA) is 72.2 Å². The fraction of sp³-hybridized carbons (Fsp3) is 0. The van der Waals surface area contributed by atoms with Crippen LogP contribution in [0.1, 0.15) is 0 Å². The summed E-state index contributed by atoms with van der Waals surface area (Å²) < 4.78 is 32.9. The van der Waals surface area contributed by atoms with Crippen molar-refractivity contribution >= 4 is 31.8 Å². The van der Waals surface area contributed by atoms with E-state index in [0.717, 1.165) is 10.0 Å². The molecule has 0 unspecified atom stereocenters. The molecule has 5 nitrogen and oxygen atoms in total. The van der Waals surface area contributed by atoms with E-state index < -0.39 is 10.0 Å². The molecule has 0 aliphatic carbocycles. The highest BCUT2D eigenvalue weighted by Crippen LogP contribution is 2.25. The van der Waals surface area contributed by atoms with Gasteiger partial charge in [0.25, 0.3) is 10.0 Å². The highest BCUT2D eigenvalue weighted by atomic mass is 79.9. The molecule has 0 saturated carbocycles. The predicted molar refractivity (Wildman–Crippen MR) is 86.9 cm³/mol. The summed E-state index contributed by atoms with van der Waals surface area (Å²) in [6.45, 7) is 0. The second-order valence-electron chi connectivity index (χ2n) is 4.50. The lowest BCUT2D eigenvalue weighted by Gasteiger charge is -2.03. The van der Waals surface area contributed by atoms with Crippen molar-refractivity contribution in [2.75, 3.05) is 4.72 Å². The first kappa shape index (κ1) is 14.8. The van der Waals surface area contributed by atoms with Gasteiger partial charge in [0.2, 0.25) is 0 Å². The van der Waals surface area contributed by atoms with E-state index in [1.54, 1.807) is 24.3 Å². The second-order valence-corrected chi connectivity index (χ2v) is 7.10. The SMILES string of the molecule is O=S(=O)(Nc1cc(-c2ccc(Br)cc2)on1)c1ccccc1. The first-order valence-electron chi connectivity index (χ1n) is 6.35. The molecule has 3 aromatic rings. The quantitative estimate of drug-likeness (QED) is 0.746. The molecule has 2 aromatic carbocycles. The molecule has 0 amide bonds. The Balaban J connectivity index is 1.84. The van der Waals surface area contributed by atoms with Crippen LogP contribution in [0.25, 0.3) is 11.3 Å². The zero-order valence-electron chi connectivity index (χ0n) is 11.2. The molecule has 0 aliphatic rings. The first-order valence-corrected chi connectivity index (χ1v) is 8.63. The van der Waals surface area contributed by atoms with E-state index >= 15 is 0 Å². The van der Waals surface area contributed by atoms with E-state index in [0.29, 0.717) is 5.76 Å². The van der Waals surface area contributed by atoms with Gasteiger partial charge in [-0.15, -0.1) is 0 Å². The maximum atomic E-state index is 12.2. The zero-order valence-corrected chi connectivity index (χ0v) is 13.6. The van der Waals surface area contributed by atoms with Crippen molar-refractivity contribution in [3.63, 3.8) is 0 Å². The number of rotatable bonds is 4. The molecule has 0 saturated heterocycles. The summed E-state index contributed by atoms with van der Waals surface area (Å²) in [5.74, 6) is 0.625. The second kappa shape index (κ2) is 5.94. The van der Waals surface area contributed by atoms with Gasteiger partial charge in [-0.05, 0) is 24.3 Å².